The first kappa shape index (κ1) is 15.5. The Morgan fingerprint density at radius 1 is 1.24 bits per heavy atom. The van der Waals surface area contributed by atoms with Crippen LogP contribution in [0.1, 0.15) is 27.2 Å². The molecule has 3 heterocycles. The van der Waals surface area contributed by atoms with Gasteiger partial charge in [-0.1, -0.05) is 12.1 Å². The maximum Gasteiger partial charge on any atom is 0.335 e. The smallest absolute Gasteiger partial charge is 0.335 e. The second kappa shape index (κ2) is 6.49. The number of hydrogen-bond acceptors (Lipinski definition) is 4. The van der Waals surface area contributed by atoms with Crippen molar-refractivity contribution >= 4 is 5.97 Å². The van der Waals surface area contributed by atoms with E-state index in [1.165, 1.54) is 11.3 Å². The van der Waals surface area contributed by atoms with E-state index < -0.39 is 5.97 Å². The van der Waals surface area contributed by atoms with Crippen molar-refractivity contribution in [2.24, 2.45) is 0 Å². The van der Waals surface area contributed by atoms with E-state index in [1.807, 2.05) is 35.1 Å². The van der Waals surface area contributed by atoms with E-state index in [9.17, 15) is 4.79 Å². The van der Waals surface area contributed by atoms with Gasteiger partial charge in [0.15, 0.2) is 0 Å². The maximum atomic E-state index is 11.0. The van der Waals surface area contributed by atoms with Crippen LogP contribution >= 0.6 is 0 Å². The Hall–Kier alpha value is -2.99. The van der Waals surface area contributed by atoms with Gasteiger partial charge in [-0.05, 0) is 29.8 Å². The van der Waals surface area contributed by atoms with E-state index in [2.05, 4.69) is 10.3 Å². The fourth-order valence-corrected chi connectivity index (χ4v) is 3.21. The van der Waals surface area contributed by atoms with Gasteiger partial charge in [0.25, 0.3) is 0 Å². The van der Waals surface area contributed by atoms with Crippen molar-refractivity contribution in [2.45, 2.75) is 19.5 Å². The van der Waals surface area contributed by atoms with Gasteiger partial charge < -0.3 is 10.4 Å². The summed E-state index contributed by atoms with van der Waals surface area (Å²) < 4.78 is 2.04. The summed E-state index contributed by atoms with van der Waals surface area (Å²) >= 11 is 0. The molecule has 0 spiro atoms. The van der Waals surface area contributed by atoms with Gasteiger partial charge >= 0.3 is 5.97 Å². The van der Waals surface area contributed by atoms with Crippen LogP contribution in [0.2, 0.25) is 0 Å². The van der Waals surface area contributed by atoms with Crippen LogP contribution < -0.4 is 5.32 Å². The quantitative estimate of drug-likeness (QED) is 0.765. The molecule has 0 aliphatic carbocycles. The molecule has 0 saturated carbocycles. The van der Waals surface area contributed by atoms with E-state index in [4.69, 9.17) is 10.2 Å². The molecule has 0 atom stereocenters. The molecule has 1 aliphatic heterocycles. The lowest BCUT2D eigenvalue weighted by Crippen LogP contribution is -2.25. The molecule has 2 N–H and O–H groups in total. The van der Waals surface area contributed by atoms with Crippen LogP contribution in [0.3, 0.4) is 0 Å². The summed E-state index contributed by atoms with van der Waals surface area (Å²) in [6, 6.07) is 10.9. The van der Waals surface area contributed by atoms with Crippen LogP contribution in [-0.2, 0) is 19.5 Å². The van der Waals surface area contributed by atoms with Crippen molar-refractivity contribution in [2.75, 3.05) is 6.54 Å². The van der Waals surface area contributed by atoms with Crippen molar-refractivity contribution in [3.63, 3.8) is 0 Å². The van der Waals surface area contributed by atoms with E-state index in [0.717, 1.165) is 36.3 Å². The molecule has 0 amide bonds. The fourth-order valence-electron chi connectivity index (χ4n) is 3.21. The summed E-state index contributed by atoms with van der Waals surface area (Å²) in [6.07, 6.45) is 4.52. The largest absolute Gasteiger partial charge is 0.478 e. The van der Waals surface area contributed by atoms with Gasteiger partial charge in [-0.25, -0.2) is 4.79 Å². The number of aromatic nitrogens is 3. The SMILES string of the molecule is O=C(O)c1ccc(Cn2nc(-c3cccnc3)c3c2CCNC3)cc1. The summed E-state index contributed by atoms with van der Waals surface area (Å²) in [4.78, 5) is 15.2. The van der Waals surface area contributed by atoms with E-state index in [-0.39, 0.29) is 0 Å². The molecular formula is C19H18N4O2. The summed E-state index contributed by atoms with van der Waals surface area (Å²) in [5, 5.41) is 17.3. The number of hydrogen-bond donors (Lipinski definition) is 2. The number of carboxylic acids is 1. The minimum absolute atomic E-state index is 0.298. The zero-order valence-electron chi connectivity index (χ0n) is 13.6. The van der Waals surface area contributed by atoms with Gasteiger partial charge in [0, 0.05) is 48.7 Å². The first-order chi connectivity index (χ1) is 12.2. The lowest BCUT2D eigenvalue weighted by Gasteiger charge is -2.15. The Balaban J connectivity index is 1.70. The highest BCUT2D eigenvalue weighted by Crippen LogP contribution is 2.27. The zero-order chi connectivity index (χ0) is 17.2. The molecule has 4 rings (SSSR count). The molecule has 3 aromatic rings. The number of aromatic carboxylic acids is 1. The maximum absolute atomic E-state index is 11.0. The molecule has 6 heteroatoms. The Labute approximate surface area is 145 Å². The summed E-state index contributed by atoms with van der Waals surface area (Å²) in [7, 11) is 0. The van der Waals surface area contributed by atoms with Crippen molar-refractivity contribution in [1.29, 1.82) is 0 Å². The minimum atomic E-state index is -0.909. The van der Waals surface area contributed by atoms with Gasteiger partial charge in [-0.3, -0.25) is 9.67 Å². The Bertz CT molecular complexity index is 901. The van der Waals surface area contributed by atoms with Crippen molar-refractivity contribution in [1.82, 2.24) is 20.1 Å². The van der Waals surface area contributed by atoms with Crippen LogP contribution in [-0.4, -0.2) is 32.4 Å². The van der Waals surface area contributed by atoms with Crippen molar-refractivity contribution in [3.8, 4) is 11.3 Å². The predicted molar refractivity (Wildman–Crippen MR) is 93.4 cm³/mol. The molecule has 2 aromatic heterocycles. The second-order valence-corrected chi connectivity index (χ2v) is 6.10. The van der Waals surface area contributed by atoms with E-state index in [1.54, 1.807) is 18.3 Å². The van der Waals surface area contributed by atoms with Crippen LogP contribution in [0.25, 0.3) is 11.3 Å². The number of pyridine rings is 1. The van der Waals surface area contributed by atoms with Crippen LogP contribution in [0.15, 0.2) is 48.8 Å². The monoisotopic (exact) mass is 334 g/mol. The third-order valence-corrected chi connectivity index (χ3v) is 4.48. The average Bonchev–Trinajstić information content (AvgIpc) is 3.02. The van der Waals surface area contributed by atoms with Crippen LogP contribution in [0.4, 0.5) is 0 Å². The molecule has 0 unspecified atom stereocenters. The Kier molecular flexibility index (Phi) is 4.03. The molecule has 6 nitrogen and oxygen atoms in total. The zero-order valence-corrected chi connectivity index (χ0v) is 13.6. The number of nitrogens with one attached hydrogen (secondary N) is 1. The Morgan fingerprint density at radius 2 is 2.08 bits per heavy atom. The van der Waals surface area contributed by atoms with E-state index in [0.29, 0.717) is 12.1 Å². The average molecular weight is 334 g/mol. The molecule has 126 valence electrons. The number of benzene rings is 1. The molecule has 0 fully saturated rings. The van der Waals surface area contributed by atoms with Gasteiger partial charge in [0.1, 0.15) is 0 Å². The van der Waals surface area contributed by atoms with E-state index >= 15 is 0 Å². The number of fused-ring (bicyclic) bond motifs is 1. The molecule has 1 aliphatic rings. The van der Waals surface area contributed by atoms with Crippen molar-refractivity contribution in [3.05, 3.63) is 71.2 Å². The first-order valence-electron chi connectivity index (χ1n) is 8.24. The number of rotatable bonds is 4. The topological polar surface area (TPSA) is 80.0 Å². The van der Waals surface area contributed by atoms with Gasteiger partial charge in [0.05, 0.1) is 17.8 Å². The third-order valence-electron chi connectivity index (χ3n) is 4.48. The summed E-state index contributed by atoms with van der Waals surface area (Å²) in [5.41, 5.74) is 5.78. The first-order valence-corrected chi connectivity index (χ1v) is 8.24. The van der Waals surface area contributed by atoms with Crippen LogP contribution in [0, 0.1) is 0 Å². The number of carbonyl (C=O) groups is 1. The van der Waals surface area contributed by atoms with Gasteiger partial charge in [-0.2, -0.15) is 5.10 Å². The third kappa shape index (κ3) is 3.04. The highest BCUT2D eigenvalue weighted by molar-refractivity contribution is 5.87. The fraction of sp³-hybridized carbons (Fsp3) is 0.211. The number of carboxylic acid groups (broad SMARTS) is 1. The minimum Gasteiger partial charge on any atom is -0.478 e. The second-order valence-electron chi connectivity index (χ2n) is 6.10. The molecule has 0 radical (unpaired) electrons. The summed E-state index contributed by atoms with van der Waals surface area (Å²) in [5.74, 6) is -0.909. The van der Waals surface area contributed by atoms with Crippen LogP contribution in [0.5, 0.6) is 0 Å². The molecule has 1 aromatic carbocycles. The molecule has 0 bridgehead atoms. The number of nitrogens with zero attached hydrogens (tertiary/aromatic N) is 3. The van der Waals surface area contributed by atoms with Gasteiger partial charge in [0.2, 0.25) is 0 Å². The normalized spacial score (nSPS) is 13.4. The van der Waals surface area contributed by atoms with Crippen molar-refractivity contribution < 1.29 is 9.90 Å². The standard InChI is InChI=1S/C19H18N4O2/c24-19(25)14-5-3-13(4-6-14)12-23-17-7-9-21-11-16(17)18(22-23)15-2-1-8-20-10-15/h1-6,8,10,21H,7,9,11-12H2,(H,24,25). The lowest BCUT2D eigenvalue weighted by atomic mass is 10.0. The highest BCUT2D eigenvalue weighted by atomic mass is 16.4. The molecular weight excluding hydrogens is 316 g/mol. The molecule has 25 heavy (non-hydrogen) atoms. The summed E-state index contributed by atoms with van der Waals surface area (Å²) in [6.45, 7) is 2.36. The predicted octanol–water partition coefficient (Wildman–Crippen LogP) is 2.34. The molecule has 0 saturated heterocycles. The lowest BCUT2D eigenvalue weighted by molar-refractivity contribution is 0.0697. The highest BCUT2D eigenvalue weighted by Gasteiger charge is 2.21. The Morgan fingerprint density at radius 3 is 2.80 bits per heavy atom. The van der Waals surface area contributed by atoms with Gasteiger partial charge in [-0.15, -0.1) is 0 Å².